The summed E-state index contributed by atoms with van der Waals surface area (Å²) < 4.78 is 54.1. The van der Waals surface area contributed by atoms with Gasteiger partial charge in [-0.15, -0.1) is 0 Å². The Morgan fingerprint density at radius 2 is 1.60 bits per heavy atom. The summed E-state index contributed by atoms with van der Waals surface area (Å²) in [7, 11) is -2.39. The van der Waals surface area contributed by atoms with E-state index in [1.165, 1.54) is 0 Å². The normalized spacial score (nSPS) is 36.7. The number of rotatable bonds is 4. The van der Waals surface area contributed by atoms with Crippen LogP contribution < -0.4 is 9.26 Å². The van der Waals surface area contributed by atoms with Crippen LogP contribution in [0.3, 0.4) is 0 Å². The molecule has 3 fully saturated rings. The molecular weight excluding hydrogens is 411 g/mol. The van der Waals surface area contributed by atoms with E-state index < -0.39 is 44.3 Å². The van der Waals surface area contributed by atoms with E-state index in [0.717, 1.165) is 5.56 Å². The summed E-state index contributed by atoms with van der Waals surface area (Å²) in [5.41, 5.74) is 0.755. The number of hydrogen-bond donors (Lipinski definition) is 0. The smallest absolute Gasteiger partial charge is 0.497 e. The SMILES string of the molecule is COc1ccc([C@@H]2O[P@@](=O)(Oc3ccccc3)O[C@@H]3[C@H]4OC(C)(C)O[C@H]4O[C@@H]32)cc1. The first-order chi connectivity index (χ1) is 14.4. The number of hydrogen-bond acceptors (Lipinski definition) is 8. The molecule has 0 radical (unpaired) electrons. The largest absolute Gasteiger partial charge is 0.531 e. The molecule has 3 aliphatic rings. The van der Waals surface area contributed by atoms with Crippen molar-refractivity contribution in [2.75, 3.05) is 7.11 Å². The van der Waals surface area contributed by atoms with E-state index in [4.69, 9.17) is 32.5 Å². The molecule has 3 saturated heterocycles. The Morgan fingerprint density at radius 1 is 0.867 bits per heavy atom. The monoisotopic (exact) mass is 434 g/mol. The Bertz CT molecular complexity index is 947. The summed E-state index contributed by atoms with van der Waals surface area (Å²) in [5, 5.41) is 0. The molecule has 0 aromatic heterocycles. The number of para-hydroxylation sites is 1. The van der Waals surface area contributed by atoms with E-state index in [2.05, 4.69) is 0 Å². The third-order valence-electron chi connectivity index (χ3n) is 5.22. The summed E-state index contributed by atoms with van der Waals surface area (Å²) in [6, 6.07) is 16.0. The van der Waals surface area contributed by atoms with Gasteiger partial charge in [-0.25, -0.2) is 4.57 Å². The van der Waals surface area contributed by atoms with Crippen LogP contribution in [0.4, 0.5) is 0 Å². The van der Waals surface area contributed by atoms with Crippen LogP contribution in [0.25, 0.3) is 0 Å². The molecule has 0 N–H and O–H groups in total. The highest BCUT2D eigenvalue weighted by atomic mass is 31.2. The summed E-state index contributed by atoms with van der Waals surface area (Å²) in [4.78, 5) is 0. The number of ether oxygens (including phenoxy) is 4. The van der Waals surface area contributed by atoms with Crippen LogP contribution in [0, 0.1) is 0 Å². The molecule has 0 bridgehead atoms. The van der Waals surface area contributed by atoms with Gasteiger partial charge in [0.1, 0.15) is 35.9 Å². The molecule has 8 nitrogen and oxygen atoms in total. The number of phosphoric ester groups is 1. The molecule has 6 atom stereocenters. The number of methoxy groups -OCH3 is 1. The first kappa shape index (κ1) is 20.0. The van der Waals surface area contributed by atoms with Crippen LogP contribution in [-0.2, 0) is 27.8 Å². The van der Waals surface area contributed by atoms with Crippen molar-refractivity contribution in [2.45, 2.75) is 50.3 Å². The molecule has 0 unspecified atom stereocenters. The standard InChI is InChI=1S/C21H23O8P/c1-21(2)25-19-18-17(24-20(19)26-21)16(13-9-11-14(23-3)12-10-13)28-30(22,29-18)27-15-7-5-4-6-8-15/h4-12,16-20H,1-3H3/t16-,17+,18-,19+,20+,30+/m0/s1. The lowest BCUT2D eigenvalue weighted by molar-refractivity contribution is -0.231. The van der Waals surface area contributed by atoms with Gasteiger partial charge in [0.15, 0.2) is 12.1 Å². The summed E-state index contributed by atoms with van der Waals surface area (Å²) >= 11 is 0. The summed E-state index contributed by atoms with van der Waals surface area (Å²) in [6.45, 7) is 3.59. The molecule has 9 heteroatoms. The van der Waals surface area contributed by atoms with Gasteiger partial charge in [-0.2, -0.15) is 0 Å². The Balaban J connectivity index is 1.48. The van der Waals surface area contributed by atoms with Crippen molar-refractivity contribution < 1.29 is 37.1 Å². The van der Waals surface area contributed by atoms with Gasteiger partial charge >= 0.3 is 7.82 Å². The quantitative estimate of drug-likeness (QED) is 0.662. The fraction of sp³-hybridized carbons (Fsp3) is 0.429. The van der Waals surface area contributed by atoms with Gasteiger partial charge in [0, 0.05) is 0 Å². The molecule has 5 rings (SSSR count). The highest BCUT2D eigenvalue weighted by molar-refractivity contribution is 7.49. The molecule has 0 spiro atoms. The molecule has 3 aliphatic heterocycles. The molecule has 2 aromatic carbocycles. The Kier molecular flexibility index (Phi) is 4.89. The zero-order chi connectivity index (χ0) is 20.9. The Morgan fingerprint density at radius 3 is 2.30 bits per heavy atom. The number of fused-ring (bicyclic) bond motifs is 3. The Labute approximate surface area is 174 Å². The van der Waals surface area contributed by atoms with Crippen LogP contribution in [-0.4, -0.2) is 37.5 Å². The van der Waals surface area contributed by atoms with E-state index in [1.54, 1.807) is 57.4 Å². The van der Waals surface area contributed by atoms with Crippen molar-refractivity contribution in [1.82, 2.24) is 0 Å². The lowest BCUT2D eigenvalue weighted by Gasteiger charge is -2.38. The minimum atomic E-state index is -3.98. The number of phosphoric acid groups is 1. The van der Waals surface area contributed by atoms with Gasteiger partial charge in [0.25, 0.3) is 0 Å². The first-order valence-electron chi connectivity index (χ1n) is 9.72. The molecule has 160 valence electrons. The maximum atomic E-state index is 13.6. The van der Waals surface area contributed by atoms with Crippen LogP contribution in [0.5, 0.6) is 11.5 Å². The van der Waals surface area contributed by atoms with Crippen LogP contribution in [0.2, 0.25) is 0 Å². The van der Waals surface area contributed by atoms with Crippen molar-refractivity contribution in [3.8, 4) is 11.5 Å². The predicted octanol–water partition coefficient (Wildman–Crippen LogP) is 4.22. The maximum Gasteiger partial charge on any atom is 0.531 e. The molecule has 0 amide bonds. The minimum absolute atomic E-state index is 0.382. The van der Waals surface area contributed by atoms with Gasteiger partial charge in [-0.1, -0.05) is 30.3 Å². The molecule has 0 saturated carbocycles. The number of benzene rings is 2. The summed E-state index contributed by atoms with van der Waals surface area (Å²) in [6.07, 6.45) is -3.17. The van der Waals surface area contributed by atoms with E-state index in [-0.39, 0.29) is 0 Å². The van der Waals surface area contributed by atoms with Gasteiger partial charge in [0.05, 0.1) is 7.11 Å². The second-order valence-corrected chi connectivity index (χ2v) is 9.29. The maximum absolute atomic E-state index is 13.6. The van der Waals surface area contributed by atoms with E-state index >= 15 is 0 Å². The van der Waals surface area contributed by atoms with Crippen molar-refractivity contribution in [2.24, 2.45) is 0 Å². The Hall–Kier alpha value is -1.93. The predicted molar refractivity (Wildman–Crippen MR) is 105 cm³/mol. The van der Waals surface area contributed by atoms with Crippen LogP contribution in [0.1, 0.15) is 25.5 Å². The van der Waals surface area contributed by atoms with Crippen molar-refractivity contribution in [1.29, 1.82) is 0 Å². The molecule has 30 heavy (non-hydrogen) atoms. The second-order valence-electron chi connectivity index (χ2n) is 7.79. The summed E-state index contributed by atoms with van der Waals surface area (Å²) in [5.74, 6) is 0.248. The molecule has 2 aromatic rings. The van der Waals surface area contributed by atoms with Crippen molar-refractivity contribution in [3.05, 3.63) is 60.2 Å². The van der Waals surface area contributed by atoms with Gasteiger partial charge in [0.2, 0.25) is 0 Å². The van der Waals surface area contributed by atoms with Gasteiger partial charge < -0.3 is 23.5 Å². The fourth-order valence-electron chi connectivity index (χ4n) is 3.94. The van der Waals surface area contributed by atoms with Gasteiger partial charge in [-0.3, -0.25) is 9.05 Å². The van der Waals surface area contributed by atoms with E-state index in [0.29, 0.717) is 11.5 Å². The van der Waals surface area contributed by atoms with Crippen molar-refractivity contribution in [3.63, 3.8) is 0 Å². The molecule has 3 heterocycles. The fourth-order valence-corrected chi connectivity index (χ4v) is 5.51. The first-order valence-corrected chi connectivity index (χ1v) is 11.2. The minimum Gasteiger partial charge on any atom is -0.497 e. The third kappa shape index (κ3) is 3.64. The molecular formula is C21H23O8P. The van der Waals surface area contributed by atoms with Crippen molar-refractivity contribution >= 4 is 7.82 Å². The van der Waals surface area contributed by atoms with E-state index in [1.807, 2.05) is 18.2 Å². The average molecular weight is 434 g/mol. The third-order valence-corrected chi connectivity index (χ3v) is 6.64. The highest BCUT2D eigenvalue weighted by Gasteiger charge is 2.63. The van der Waals surface area contributed by atoms with Gasteiger partial charge in [-0.05, 0) is 43.7 Å². The van der Waals surface area contributed by atoms with Crippen LogP contribution in [0.15, 0.2) is 54.6 Å². The zero-order valence-electron chi connectivity index (χ0n) is 16.8. The molecule has 0 aliphatic carbocycles. The van der Waals surface area contributed by atoms with Crippen LogP contribution >= 0.6 is 7.82 Å². The average Bonchev–Trinajstić information content (AvgIpc) is 3.20. The highest BCUT2D eigenvalue weighted by Crippen LogP contribution is 2.62. The lowest BCUT2D eigenvalue weighted by Crippen LogP contribution is -2.43. The zero-order valence-corrected chi connectivity index (χ0v) is 17.7. The lowest BCUT2D eigenvalue weighted by atomic mass is 9.99. The topological polar surface area (TPSA) is 81.7 Å². The second kappa shape index (κ2) is 7.34. The van der Waals surface area contributed by atoms with E-state index in [9.17, 15) is 4.57 Å².